The summed E-state index contributed by atoms with van der Waals surface area (Å²) in [7, 11) is 0. The number of hydrogen-bond donors (Lipinski definition) is 2. The Morgan fingerprint density at radius 2 is 1.47 bits per heavy atom. The van der Waals surface area contributed by atoms with Crippen molar-refractivity contribution in [1.82, 2.24) is 0 Å². The molecule has 15 heavy (non-hydrogen) atoms. The Labute approximate surface area is 89.3 Å². The highest BCUT2D eigenvalue weighted by atomic mass is 16.3. The van der Waals surface area contributed by atoms with Gasteiger partial charge in [0.15, 0.2) is 0 Å². The maximum atomic E-state index is 8.67. The second kappa shape index (κ2) is 4.36. The van der Waals surface area contributed by atoms with E-state index in [9.17, 15) is 0 Å². The maximum absolute atomic E-state index is 8.67. The van der Waals surface area contributed by atoms with Crippen LogP contribution in [0.3, 0.4) is 0 Å². The van der Waals surface area contributed by atoms with Gasteiger partial charge in [-0.05, 0) is 6.42 Å². The van der Waals surface area contributed by atoms with E-state index in [4.69, 9.17) is 10.2 Å². The van der Waals surface area contributed by atoms with Crippen molar-refractivity contribution in [2.75, 3.05) is 13.2 Å². The zero-order valence-corrected chi connectivity index (χ0v) is 8.33. The molecule has 2 aliphatic rings. The third kappa shape index (κ3) is 1.83. The Hall–Kier alpha value is -1.48. The molecule has 2 nitrogen and oxygen atoms in total. The highest BCUT2D eigenvalue weighted by Crippen LogP contribution is 2.43. The number of aliphatic hydroxyl groups excluding tert-OH is 2. The minimum absolute atomic E-state index is 0.120. The van der Waals surface area contributed by atoms with Gasteiger partial charge in [0.25, 0.3) is 0 Å². The summed E-state index contributed by atoms with van der Waals surface area (Å²) in [5, 5.41) is 17.3. The summed E-state index contributed by atoms with van der Waals surface area (Å²) in [4.78, 5) is 0. The average molecular weight is 200 g/mol. The zero-order chi connectivity index (χ0) is 10.7. The summed E-state index contributed by atoms with van der Waals surface area (Å²) in [5.74, 6) is 12.0. The second-order valence-electron chi connectivity index (χ2n) is 3.58. The van der Waals surface area contributed by atoms with E-state index >= 15 is 0 Å². The van der Waals surface area contributed by atoms with Crippen molar-refractivity contribution in [3.05, 3.63) is 23.3 Å². The van der Waals surface area contributed by atoms with Gasteiger partial charge in [-0.1, -0.05) is 35.8 Å². The summed E-state index contributed by atoms with van der Waals surface area (Å²) in [6, 6.07) is 0. The lowest BCUT2D eigenvalue weighted by Gasteiger charge is -2.05. The molecule has 0 spiro atoms. The van der Waals surface area contributed by atoms with Gasteiger partial charge in [-0.15, -0.1) is 0 Å². The molecule has 0 heterocycles. The molecule has 0 saturated carbocycles. The van der Waals surface area contributed by atoms with E-state index in [2.05, 4.69) is 35.8 Å². The first-order valence-corrected chi connectivity index (χ1v) is 4.98. The quantitative estimate of drug-likeness (QED) is 0.441. The molecule has 0 aliphatic heterocycles. The predicted octanol–water partition coefficient (Wildman–Crippen LogP) is 0.480. The molecule has 0 aromatic carbocycles. The van der Waals surface area contributed by atoms with Crippen LogP contribution in [0, 0.1) is 35.5 Å². The van der Waals surface area contributed by atoms with Gasteiger partial charge in [-0.3, -0.25) is 0 Å². The van der Waals surface area contributed by atoms with Crippen LogP contribution in [-0.4, -0.2) is 23.4 Å². The smallest absolute Gasteiger partial charge is 0.104 e. The summed E-state index contributed by atoms with van der Waals surface area (Å²) in [5.41, 5.74) is 2.05. The lowest BCUT2D eigenvalue weighted by Crippen LogP contribution is -1.96. The highest BCUT2D eigenvalue weighted by Gasteiger charge is 2.33. The van der Waals surface area contributed by atoms with E-state index < -0.39 is 0 Å². The third-order valence-corrected chi connectivity index (χ3v) is 2.72. The average Bonchev–Trinajstić information content (AvgIpc) is 2.83. The number of hydrogen-bond acceptors (Lipinski definition) is 2. The summed E-state index contributed by atoms with van der Waals surface area (Å²) < 4.78 is 0. The molecule has 2 heteroatoms. The van der Waals surface area contributed by atoms with Gasteiger partial charge in [-0.2, -0.15) is 0 Å². The Morgan fingerprint density at radius 3 is 1.87 bits per heavy atom. The molecule has 0 saturated heterocycles. The van der Waals surface area contributed by atoms with Gasteiger partial charge in [0.05, 0.1) is 0 Å². The molecule has 2 atom stereocenters. The summed E-state index contributed by atoms with van der Waals surface area (Å²) >= 11 is 0. The van der Waals surface area contributed by atoms with E-state index in [-0.39, 0.29) is 13.2 Å². The number of allylic oxidation sites excluding steroid dienone is 4. The van der Waals surface area contributed by atoms with Crippen molar-refractivity contribution >= 4 is 0 Å². The Balaban J connectivity index is 2.31. The van der Waals surface area contributed by atoms with Crippen LogP contribution in [0.25, 0.3) is 0 Å². The molecule has 76 valence electrons. The van der Waals surface area contributed by atoms with Crippen molar-refractivity contribution in [2.24, 2.45) is 11.8 Å². The van der Waals surface area contributed by atoms with E-state index in [0.29, 0.717) is 11.8 Å². The van der Waals surface area contributed by atoms with E-state index in [1.165, 1.54) is 0 Å². The molecule has 0 radical (unpaired) electrons. The predicted molar refractivity (Wildman–Crippen MR) is 57.5 cm³/mol. The second-order valence-corrected chi connectivity index (χ2v) is 3.58. The van der Waals surface area contributed by atoms with Gasteiger partial charge in [0, 0.05) is 23.0 Å². The highest BCUT2D eigenvalue weighted by molar-refractivity contribution is 5.54. The molecule has 0 amide bonds. The fourth-order valence-corrected chi connectivity index (χ4v) is 2.12. The van der Waals surface area contributed by atoms with Crippen molar-refractivity contribution in [1.29, 1.82) is 0 Å². The minimum Gasteiger partial charge on any atom is -0.384 e. The van der Waals surface area contributed by atoms with Crippen LogP contribution in [0.15, 0.2) is 23.3 Å². The summed E-state index contributed by atoms with van der Waals surface area (Å²) in [6.07, 6.45) is 5.34. The van der Waals surface area contributed by atoms with Crippen LogP contribution < -0.4 is 0 Å². The van der Waals surface area contributed by atoms with Gasteiger partial charge in [0.2, 0.25) is 0 Å². The first-order valence-electron chi connectivity index (χ1n) is 4.98. The minimum atomic E-state index is -0.120. The fraction of sp³-hybridized carbons (Fsp3) is 0.385. The number of fused-ring (bicyclic) bond motifs is 2. The van der Waals surface area contributed by atoms with Crippen molar-refractivity contribution in [2.45, 2.75) is 6.42 Å². The SMILES string of the molecule is OCC#CC1=C(C#CCO)C2C=CC1C2. The maximum Gasteiger partial charge on any atom is 0.104 e. The standard InChI is InChI=1S/C13H12O2/c14-7-1-3-12-10-5-6-11(9-10)13(12)4-2-8-15/h5-6,10-11,14-15H,7-9H2. The fourth-order valence-electron chi connectivity index (χ4n) is 2.12. The first kappa shape index (κ1) is 10.1. The molecule has 0 aromatic heterocycles. The lowest BCUT2D eigenvalue weighted by atomic mass is 9.98. The Bertz CT molecular complexity index is 395. The zero-order valence-electron chi connectivity index (χ0n) is 8.33. The molecule has 0 fully saturated rings. The first-order chi connectivity index (χ1) is 7.36. The molecule has 0 aromatic rings. The monoisotopic (exact) mass is 200 g/mol. The molecule has 2 N–H and O–H groups in total. The largest absolute Gasteiger partial charge is 0.384 e. The molecular formula is C13H12O2. The molecule has 2 rings (SSSR count). The Morgan fingerprint density at radius 1 is 1.00 bits per heavy atom. The summed E-state index contributed by atoms with van der Waals surface area (Å²) in [6.45, 7) is -0.239. The van der Waals surface area contributed by atoms with Crippen LogP contribution in [0.4, 0.5) is 0 Å². The van der Waals surface area contributed by atoms with Crippen LogP contribution >= 0.6 is 0 Å². The van der Waals surface area contributed by atoms with Gasteiger partial charge in [-0.25, -0.2) is 0 Å². The van der Waals surface area contributed by atoms with Crippen molar-refractivity contribution in [3.8, 4) is 23.7 Å². The van der Waals surface area contributed by atoms with Crippen LogP contribution in [0.2, 0.25) is 0 Å². The van der Waals surface area contributed by atoms with Crippen LogP contribution in [-0.2, 0) is 0 Å². The third-order valence-electron chi connectivity index (χ3n) is 2.72. The van der Waals surface area contributed by atoms with Gasteiger partial charge >= 0.3 is 0 Å². The lowest BCUT2D eigenvalue weighted by molar-refractivity contribution is 0.350. The topological polar surface area (TPSA) is 40.5 Å². The van der Waals surface area contributed by atoms with Crippen LogP contribution in [0.1, 0.15) is 6.42 Å². The van der Waals surface area contributed by atoms with E-state index in [0.717, 1.165) is 17.6 Å². The van der Waals surface area contributed by atoms with Gasteiger partial charge in [0.1, 0.15) is 13.2 Å². The normalized spacial score (nSPS) is 26.0. The number of aliphatic hydroxyl groups is 2. The molecule has 2 aliphatic carbocycles. The molecule has 2 unspecified atom stereocenters. The van der Waals surface area contributed by atoms with Crippen LogP contribution in [0.5, 0.6) is 0 Å². The van der Waals surface area contributed by atoms with E-state index in [1.807, 2.05) is 0 Å². The number of rotatable bonds is 0. The van der Waals surface area contributed by atoms with Gasteiger partial charge < -0.3 is 10.2 Å². The van der Waals surface area contributed by atoms with Crippen molar-refractivity contribution in [3.63, 3.8) is 0 Å². The van der Waals surface area contributed by atoms with Crippen molar-refractivity contribution < 1.29 is 10.2 Å². The van der Waals surface area contributed by atoms with E-state index in [1.54, 1.807) is 0 Å². The molecule has 2 bridgehead atoms. The Kier molecular flexibility index (Phi) is 2.92. The molecular weight excluding hydrogens is 188 g/mol.